The van der Waals surface area contributed by atoms with Crippen LogP contribution >= 0.6 is 0 Å². The van der Waals surface area contributed by atoms with Crippen LogP contribution in [0.3, 0.4) is 0 Å². The fraction of sp³-hybridized carbons (Fsp3) is 0.296. The van der Waals surface area contributed by atoms with E-state index in [0.717, 1.165) is 28.0 Å². The van der Waals surface area contributed by atoms with Gasteiger partial charge >= 0.3 is 0 Å². The maximum atomic E-state index is 13.5. The summed E-state index contributed by atoms with van der Waals surface area (Å²) in [6, 6.07) is 18.0. The van der Waals surface area contributed by atoms with E-state index in [4.69, 9.17) is 4.74 Å². The van der Waals surface area contributed by atoms with Gasteiger partial charge in [-0.05, 0) is 87.2 Å². The molecule has 3 rings (SSSR count). The summed E-state index contributed by atoms with van der Waals surface area (Å²) < 4.78 is 34.0. The highest BCUT2D eigenvalue weighted by Crippen LogP contribution is 2.28. The first-order chi connectivity index (χ1) is 16.1. The highest BCUT2D eigenvalue weighted by Gasteiger charge is 2.28. The number of amides is 1. The number of nitrogens with one attached hydrogen (secondary N) is 1. The quantitative estimate of drug-likeness (QED) is 0.454. The lowest BCUT2D eigenvalue weighted by molar-refractivity contribution is -0.119. The zero-order chi connectivity index (χ0) is 24.9. The number of nitrogens with zero attached hydrogens (tertiary/aromatic N) is 1. The number of ether oxygens (including phenoxy) is 1. The van der Waals surface area contributed by atoms with Crippen LogP contribution in [0.15, 0.2) is 65.6 Å². The molecule has 0 aromatic heterocycles. The summed E-state index contributed by atoms with van der Waals surface area (Å²) in [6.45, 7) is 9.88. The van der Waals surface area contributed by atoms with Crippen molar-refractivity contribution in [2.45, 2.75) is 39.5 Å². The van der Waals surface area contributed by atoms with Crippen molar-refractivity contribution in [2.24, 2.45) is 0 Å². The van der Waals surface area contributed by atoms with Gasteiger partial charge in [0.2, 0.25) is 5.91 Å². The summed E-state index contributed by atoms with van der Waals surface area (Å²) in [5.74, 6) is 0.330. The number of carbonyl (C=O) groups is 1. The Bertz CT molecular complexity index is 1270. The second-order valence-corrected chi connectivity index (χ2v) is 10.4. The monoisotopic (exact) mass is 480 g/mol. The SMILES string of the molecule is Cc1ccc(S(=O)(=O)N(CC(=O)NCCOc2ccc(C)c(C)c2)c2cc(C)ccc2C)cc1. The molecule has 6 nitrogen and oxygen atoms in total. The number of rotatable bonds is 9. The molecule has 1 N–H and O–H groups in total. The normalized spacial score (nSPS) is 11.2. The second-order valence-electron chi connectivity index (χ2n) is 8.56. The van der Waals surface area contributed by atoms with Gasteiger partial charge in [-0.1, -0.05) is 35.9 Å². The van der Waals surface area contributed by atoms with Gasteiger partial charge in [-0.2, -0.15) is 0 Å². The van der Waals surface area contributed by atoms with Crippen molar-refractivity contribution in [3.63, 3.8) is 0 Å². The van der Waals surface area contributed by atoms with Gasteiger partial charge in [0.05, 0.1) is 17.1 Å². The highest BCUT2D eigenvalue weighted by atomic mass is 32.2. The van der Waals surface area contributed by atoms with E-state index in [-0.39, 0.29) is 24.6 Å². The van der Waals surface area contributed by atoms with Crippen molar-refractivity contribution < 1.29 is 17.9 Å². The molecule has 0 spiro atoms. The third kappa shape index (κ3) is 6.17. The molecular weight excluding hydrogens is 448 g/mol. The summed E-state index contributed by atoms with van der Waals surface area (Å²) in [7, 11) is -3.95. The molecule has 0 bridgehead atoms. The van der Waals surface area contributed by atoms with E-state index in [1.165, 1.54) is 9.87 Å². The molecule has 0 aliphatic rings. The smallest absolute Gasteiger partial charge is 0.264 e. The lowest BCUT2D eigenvalue weighted by Gasteiger charge is -2.26. The summed E-state index contributed by atoms with van der Waals surface area (Å²) >= 11 is 0. The largest absolute Gasteiger partial charge is 0.492 e. The molecular formula is C27H32N2O4S. The molecule has 3 aromatic rings. The predicted octanol–water partition coefficient (Wildman–Crippen LogP) is 4.62. The first-order valence-electron chi connectivity index (χ1n) is 11.2. The van der Waals surface area contributed by atoms with E-state index in [1.807, 2.05) is 65.0 Å². The van der Waals surface area contributed by atoms with Crippen molar-refractivity contribution in [2.75, 3.05) is 24.0 Å². The van der Waals surface area contributed by atoms with Gasteiger partial charge in [0.25, 0.3) is 10.0 Å². The van der Waals surface area contributed by atoms with E-state index >= 15 is 0 Å². The fourth-order valence-electron chi connectivity index (χ4n) is 3.47. The molecule has 1 amide bonds. The maximum absolute atomic E-state index is 13.5. The molecule has 180 valence electrons. The lowest BCUT2D eigenvalue weighted by atomic mass is 10.1. The third-order valence-electron chi connectivity index (χ3n) is 5.70. The molecule has 0 atom stereocenters. The van der Waals surface area contributed by atoms with E-state index in [1.54, 1.807) is 30.3 Å². The second kappa shape index (κ2) is 10.7. The molecule has 7 heteroatoms. The minimum absolute atomic E-state index is 0.143. The van der Waals surface area contributed by atoms with Crippen molar-refractivity contribution in [3.8, 4) is 5.75 Å². The molecule has 34 heavy (non-hydrogen) atoms. The van der Waals surface area contributed by atoms with E-state index < -0.39 is 15.9 Å². The van der Waals surface area contributed by atoms with Crippen molar-refractivity contribution in [1.29, 1.82) is 0 Å². The minimum Gasteiger partial charge on any atom is -0.492 e. The molecule has 0 saturated carbocycles. The number of aryl methyl sites for hydroxylation is 5. The van der Waals surface area contributed by atoms with Crippen LogP contribution in [0.1, 0.15) is 27.8 Å². The van der Waals surface area contributed by atoms with Crippen LogP contribution in [-0.2, 0) is 14.8 Å². The van der Waals surface area contributed by atoms with Gasteiger partial charge in [0.15, 0.2) is 0 Å². The van der Waals surface area contributed by atoms with Gasteiger partial charge in [-0.3, -0.25) is 9.10 Å². The summed E-state index contributed by atoms with van der Waals surface area (Å²) in [4.78, 5) is 12.9. The molecule has 0 fully saturated rings. The third-order valence-corrected chi connectivity index (χ3v) is 7.47. The number of hydrogen-bond donors (Lipinski definition) is 1. The zero-order valence-electron chi connectivity index (χ0n) is 20.4. The molecule has 3 aromatic carbocycles. The first-order valence-corrected chi connectivity index (χ1v) is 12.7. The lowest BCUT2D eigenvalue weighted by Crippen LogP contribution is -2.42. The number of sulfonamides is 1. The van der Waals surface area contributed by atoms with E-state index in [0.29, 0.717) is 5.69 Å². The minimum atomic E-state index is -3.95. The Labute approximate surface area is 202 Å². The Balaban J connectivity index is 1.74. The topological polar surface area (TPSA) is 75.7 Å². The van der Waals surface area contributed by atoms with Crippen molar-refractivity contribution in [1.82, 2.24) is 5.32 Å². The van der Waals surface area contributed by atoms with Gasteiger partial charge in [-0.25, -0.2) is 8.42 Å². The van der Waals surface area contributed by atoms with Crippen LogP contribution in [-0.4, -0.2) is 34.0 Å². The van der Waals surface area contributed by atoms with Crippen LogP contribution in [0.4, 0.5) is 5.69 Å². The van der Waals surface area contributed by atoms with Crippen LogP contribution in [0.2, 0.25) is 0 Å². The summed E-state index contributed by atoms with van der Waals surface area (Å²) in [6.07, 6.45) is 0. The number of carbonyl (C=O) groups excluding carboxylic acids is 1. The van der Waals surface area contributed by atoms with Crippen LogP contribution in [0.25, 0.3) is 0 Å². The van der Waals surface area contributed by atoms with Gasteiger partial charge in [0.1, 0.15) is 18.9 Å². The summed E-state index contributed by atoms with van der Waals surface area (Å²) in [5, 5.41) is 2.78. The van der Waals surface area contributed by atoms with Gasteiger partial charge < -0.3 is 10.1 Å². The Morgan fingerprint density at radius 2 is 1.47 bits per heavy atom. The van der Waals surface area contributed by atoms with Crippen LogP contribution < -0.4 is 14.4 Å². The number of anilines is 1. The predicted molar refractivity (Wildman–Crippen MR) is 136 cm³/mol. The first kappa shape index (κ1) is 25.3. The standard InChI is InChI=1S/C27H32N2O4S/c1-19-7-12-25(13-8-19)34(31,32)29(26-16-20(2)6-9-22(26)4)18-27(30)28-14-15-33-24-11-10-21(3)23(5)17-24/h6-13,16-17H,14-15,18H2,1-5H3,(H,28,30). The Hall–Kier alpha value is -3.32. The van der Waals surface area contributed by atoms with Crippen molar-refractivity contribution >= 4 is 21.6 Å². The maximum Gasteiger partial charge on any atom is 0.264 e. The molecule has 0 saturated heterocycles. The fourth-order valence-corrected chi connectivity index (χ4v) is 4.95. The Kier molecular flexibility index (Phi) is 7.99. The molecule has 0 heterocycles. The number of benzene rings is 3. The van der Waals surface area contributed by atoms with Gasteiger partial charge in [-0.15, -0.1) is 0 Å². The highest BCUT2D eigenvalue weighted by molar-refractivity contribution is 7.92. The molecule has 0 unspecified atom stereocenters. The number of hydrogen-bond acceptors (Lipinski definition) is 4. The Morgan fingerprint density at radius 3 is 2.15 bits per heavy atom. The summed E-state index contributed by atoms with van der Waals surface area (Å²) in [5.41, 5.74) is 5.44. The molecule has 0 aliphatic heterocycles. The van der Waals surface area contributed by atoms with Crippen LogP contribution in [0, 0.1) is 34.6 Å². The molecule has 0 aliphatic carbocycles. The molecule has 0 radical (unpaired) electrons. The van der Waals surface area contributed by atoms with E-state index in [9.17, 15) is 13.2 Å². The Morgan fingerprint density at radius 1 is 0.824 bits per heavy atom. The van der Waals surface area contributed by atoms with Crippen molar-refractivity contribution in [3.05, 3.63) is 88.5 Å². The van der Waals surface area contributed by atoms with E-state index in [2.05, 4.69) is 5.32 Å². The zero-order valence-corrected chi connectivity index (χ0v) is 21.2. The average Bonchev–Trinajstić information content (AvgIpc) is 2.79. The average molecular weight is 481 g/mol. The van der Waals surface area contributed by atoms with Crippen LogP contribution in [0.5, 0.6) is 5.75 Å². The van der Waals surface area contributed by atoms with Gasteiger partial charge in [0, 0.05) is 0 Å².